The van der Waals surface area contributed by atoms with Crippen LogP contribution >= 0.6 is 11.6 Å². The molecule has 0 saturated carbocycles. The molecule has 25 heavy (non-hydrogen) atoms. The lowest BCUT2D eigenvalue weighted by molar-refractivity contribution is 0.286. The number of piperidine rings is 1. The Hall–Kier alpha value is -1.65. The summed E-state index contributed by atoms with van der Waals surface area (Å²) in [5.41, 5.74) is 2.20. The van der Waals surface area contributed by atoms with Crippen LogP contribution in [0.25, 0.3) is 0 Å². The monoisotopic (exact) mass is 367 g/mol. The van der Waals surface area contributed by atoms with Gasteiger partial charge in [0.05, 0.1) is 0 Å². The van der Waals surface area contributed by atoms with E-state index in [9.17, 15) is 8.78 Å². The van der Waals surface area contributed by atoms with E-state index in [2.05, 4.69) is 11.4 Å². The van der Waals surface area contributed by atoms with Gasteiger partial charge in [0.25, 0.3) is 0 Å². The molecule has 3 rings (SSSR count). The molecule has 0 spiro atoms. The van der Waals surface area contributed by atoms with Gasteiger partial charge in [0.1, 0.15) is 17.4 Å². The predicted molar refractivity (Wildman–Crippen MR) is 98.3 cm³/mol. The van der Waals surface area contributed by atoms with E-state index in [0.29, 0.717) is 5.92 Å². The van der Waals surface area contributed by atoms with Crippen LogP contribution in [0.4, 0.5) is 8.78 Å². The number of nitrogens with one attached hydrogen (secondary N) is 1. The second-order valence-electron chi connectivity index (χ2n) is 5.68. The largest absolute Gasteiger partial charge is 0.484 e. The van der Waals surface area contributed by atoms with Crippen LogP contribution < -0.4 is 10.1 Å². The topological polar surface area (TPSA) is 21.3 Å². The van der Waals surface area contributed by atoms with Crippen molar-refractivity contribution in [1.82, 2.24) is 5.32 Å². The summed E-state index contributed by atoms with van der Waals surface area (Å²) in [5, 5.41) is 3.03. The van der Waals surface area contributed by atoms with Gasteiger partial charge < -0.3 is 10.1 Å². The SMILES string of the molecule is CC.Fc1ccc(F)c(OCc2ccccc2C2CCNCC2)c1Cl. The van der Waals surface area contributed by atoms with Gasteiger partial charge in [-0.2, -0.15) is 0 Å². The van der Waals surface area contributed by atoms with Crippen LogP contribution in [0.15, 0.2) is 36.4 Å². The molecule has 0 atom stereocenters. The van der Waals surface area contributed by atoms with Gasteiger partial charge in [-0.25, -0.2) is 8.78 Å². The molecule has 136 valence electrons. The maximum Gasteiger partial charge on any atom is 0.177 e. The number of hydrogen-bond donors (Lipinski definition) is 1. The molecule has 1 fully saturated rings. The van der Waals surface area contributed by atoms with Gasteiger partial charge in [-0.1, -0.05) is 49.7 Å². The van der Waals surface area contributed by atoms with Gasteiger partial charge >= 0.3 is 0 Å². The Balaban J connectivity index is 0.00000109. The Morgan fingerprint density at radius 1 is 1.04 bits per heavy atom. The molecule has 2 nitrogen and oxygen atoms in total. The van der Waals surface area contributed by atoms with Crippen molar-refractivity contribution in [3.05, 3.63) is 64.2 Å². The van der Waals surface area contributed by atoms with Crippen molar-refractivity contribution in [2.45, 2.75) is 39.2 Å². The molecule has 1 aliphatic rings. The molecular formula is C20H24ClF2NO. The van der Waals surface area contributed by atoms with Gasteiger partial charge in [0, 0.05) is 0 Å². The number of hydrogen-bond acceptors (Lipinski definition) is 2. The van der Waals surface area contributed by atoms with Crippen LogP contribution in [0.3, 0.4) is 0 Å². The third-order valence-electron chi connectivity index (χ3n) is 4.21. The fourth-order valence-corrected chi connectivity index (χ4v) is 3.20. The van der Waals surface area contributed by atoms with E-state index in [-0.39, 0.29) is 17.4 Å². The zero-order valence-corrected chi connectivity index (χ0v) is 15.4. The number of rotatable bonds is 4. The van der Waals surface area contributed by atoms with Crippen molar-refractivity contribution in [3.8, 4) is 5.75 Å². The molecule has 0 amide bonds. The molecule has 0 aliphatic carbocycles. The zero-order chi connectivity index (χ0) is 18.2. The minimum absolute atomic E-state index is 0.167. The van der Waals surface area contributed by atoms with Crippen molar-refractivity contribution in [3.63, 3.8) is 0 Å². The standard InChI is InChI=1S/C18H18ClF2NO.C2H6/c19-17-15(20)5-6-16(21)18(17)23-11-13-3-1-2-4-14(13)12-7-9-22-10-8-12;1-2/h1-6,12,22H,7-11H2;1-2H3. The lowest BCUT2D eigenvalue weighted by Gasteiger charge is -2.25. The summed E-state index contributed by atoms with van der Waals surface area (Å²) in [4.78, 5) is 0. The number of halogens is 3. The highest BCUT2D eigenvalue weighted by Crippen LogP contribution is 2.33. The summed E-state index contributed by atoms with van der Waals surface area (Å²) >= 11 is 5.80. The van der Waals surface area contributed by atoms with E-state index in [1.807, 2.05) is 32.0 Å². The molecule has 0 aromatic heterocycles. The van der Waals surface area contributed by atoms with E-state index in [4.69, 9.17) is 16.3 Å². The van der Waals surface area contributed by atoms with E-state index in [0.717, 1.165) is 43.6 Å². The molecular weight excluding hydrogens is 344 g/mol. The minimum Gasteiger partial charge on any atom is -0.484 e. The molecule has 5 heteroatoms. The van der Waals surface area contributed by atoms with Crippen LogP contribution in [0.5, 0.6) is 5.75 Å². The van der Waals surface area contributed by atoms with Gasteiger partial charge in [0.15, 0.2) is 11.6 Å². The molecule has 0 unspecified atom stereocenters. The average molecular weight is 368 g/mol. The third-order valence-corrected chi connectivity index (χ3v) is 4.56. The van der Waals surface area contributed by atoms with Crippen LogP contribution in [0.2, 0.25) is 5.02 Å². The maximum atomic E-state index is 13.8. The maximum absolute atomic E-state index is 13.8. The first kappa shape index (κ1) is 19.7. The van der Waals surface area contributed by atoms with Crippen LogP contribution in [0.1, 0.15) is 43.7 Å². The summed E-state index contributed by atoms with van der Waals surface area (Å²) in [6.45, 7) is 6.15. The number of benzene rings is 2. The van der Waals surface area contributed by atoms with Gasteiger partial charge in [0.2, 0.25) is 0 Å². The van der Waals surface area contributed by atoms with Crippen molar-refractivity contribution in [2.75, 3.05) is 13.1 Å². The number of ether oxygens (including phenoxy) is 1. The lowest BCUT2D eigenvalue weighted by atomic mass is 9.87. The Morgan fingerprint density at radius 2 is 1.68 bits per heavy atom. The Bertz CT molecular complexity index is 687. The van der Waals surface area contributed by atoms with Crippen LogP contribution in [-0.4, -0.2) is 13.1 Å². The molecule has 1 saturated heterocycles. The van der Waals surface area contributed by atoms with Crippen LogP contribution in [0, 0.1) is 11.6 Å². The summed E-state index contributed by atoms with van der Waals surface area (Å²) in [6, 6.07) is 9.98. The highest BCUT2D eigenvalue weighted by Gasteiger charge is 2.19. The zero-order valence-electron chi connectivity index (χ0n) is 14.6. The molecule has 1 N–H and O–H groups in total. The first-order valence-electron chi connectivity index (χ1n) is 8.71. The molecule has 2 aromatic carbocycles. The Labute approximate surface area is 153 Å². The molecule has 0 radical (unpaired) electrons. The second kappa shape index (κ2) is 9.73. The predicted octanol–water partition coefficient (Wildman–Crippen LogP) is 5.69. The summed E-state index contributed by atoms with van der Waals surface area (Å²) < 4.78 is 32.8. The fraction of sp³-hybridized carbons (Fsp3) is 0.400. The second-order valence-corrected chi connectivity index (χ2v) is 6.06. The summed E-state index contributed by atoms with van der Waals surface area (Å²) in [7, 11) is 0. The quantitative estimate of drug-likeness (QED) is 0.701. The average Bonchev–Trinajstić information content (AvgIpc) is 2.67. The lowest BCUT2D eigenvalue weighted by Crippen LogP contribution is -2.27. The summed E-state index contributed by atoms with van der Waals surface area (Å²) in [5.74, 6) is -1.11. The smallest absolute Gasteiger partial charge is 0.177 e. The van der Waals surface area contributed by atoms with Crippen molar-refractivity contribution in [2.24, 2.45) is 0 Å². The molecule has 1 aliphatic heterocycles. The highest BCUT2D eigenvalue weighted by atomic mass is 35.5. The van der Waals surface area contributed by atoms with Crippen molar-refractivity contribution < 1.29 is 13.5 Å². The van der Waals surface area contributed by atoms with E-state index in [1.165, 1.54) is 5.56 Å². The first-order valence-corrected chi connectivity index (χ1v) is 9.09. The van der Waals surface area contributed by atoms with E-state index in [1.54, 1.807) is 0 Å². The van der Waals surface area contributed by atoms with E-state index < -0.39 is 11.6 Å². The van der Waals surface area contributed by atoms with Gasteiger partial charge in [-0.15, -0.1) is 0 Å². The van der Waals surface area contributed by atoms with E-state index >= 15 is 0 Å². The molecule has 0 bridgehead atoms. The molecule has 2 aromatic rings. The van der Waals surface area contributed by atoms with Crippen molar-refractivity contribution >= 4 is 11.6 Å². The van der Waals surface area contributed by atoms with Crippen molar-refractivity contribution in [1.29, 1.82) is 0 Å². The first-order chi connectivity index (χ1) is 12.2. The van der Waals surface area contributed by atoms with Crippen LogP contribution in [-0.2, 0) is 6.61 Å². The molecule has 1 heterocycles. The third kappa shape index (κ3) is 4.93. The van der Waals surface area contributed by atoms with Gasteiger partial charge in [-0.05, 0) is 55.1 Å². The Morgan fingerprint density at radius 3 is 2.40 bits per heavy atom. The summed E-state index contributed by atoms with van der Waals surface area (Å²) in [6.07, 6.45) is 2.12. The van der Waals surface area contributed by atoms with Gasteiger partial charge in [-0.3, -0.25) is 0 Å². The highest BCUT2D eigenvalue weighted by molar-refractivity contribution is 6.32. The Kier molecular flexibility index (Phi) is 7.66. The normalized spacial score (nSPS) is 14.6. The fourth-order valence-electron chi connectivity index (χ4n) is 2.99. The minimum atomic E-state index is -0.685.